The zero-order valence-corrected chi connectivity index (χ0v) is 24.9. The highest BCUT2D eigenvalue weighted by atomic mass is 15.1. The Balaban J connectivity index is 1.26. The van der Waals surface area contributed by atoms with Crippen LogP contribution in [0.5, 0.6) is 0 Å². The highest BCUT2D eigenvalue weighted by Gasteiger charge is 2.09. The van der Waals surface area contributed by atoms with Crippen LogP contribution in [0, 0.1) is 6.92 Å². The second-order valence-corrected chi connectivity index (χ2v) is 10.6. The number of fused-ring (bicyclic) bond motifs is 2. The van der Waals surface area contributed by atoms with Crippen molar-refractivity contribution >= 4 is 61.4 Å². The molecule has 6 aromatic rings. The van der Waals surface area contributed by atoms with Crippen molar-refractivity contribution in [3.8, 4) is 0 Å². The van der Waals surface area contributed by atoms with Crippen molar-refractivity contribution in [2.75, 3.05) is 5.32 Å². The maximum absolute atomic E-state index is 4.69. The van der Waals surface area contributed by atoms with Gasteiger partial charge >= 0.3 is 0 Å². The molecule has 1 N–H and O–H groups in total. The molecule has 44 heavy (non-hydrogen) atoms. The first-order valence-corrected chi connectivity index (χ1v) is 14.6. The predicted molar refractivity (Wildman–Crippen MR) is 179 cm³/mol. The molecule has 0 saturated carbocycles. The first kappa shape index (κ1) is 28.5. The van der Waals surface area contributed by atoms with Gasteiger partial charge in [-0.3, -0.25) is 4.98 Å². The highest BCUT2D eigenvalue weighted by Crippen LogP contribution is 2.37. The third-order valence-corrected chi connectivity index (χ3v) is 7.43. The molecule has 8 heteroatoms. The zero-order valence-electron chi connectivity index (χ0n) is 24.9. The summed E-state index contributed by atoms with van der Waals surface area (Å²) in [6.45, 7) is 6.34. The average molecular weight is 577 g/mol. The quantitative estimate of drug-likeness (QED) is 0.173. The summed E-state index contributed by atoms with van der Waals surface area (Å²) in [6.07, 6.45) is 4.42. The molecule has 0 amide bonds. The maximum atomic E-state index is 4.69. The molecule has 5 aromatic carbocycles. The number of pyridine rings is 1. The van der Waals surface area contributed by atoms with Gasteiger partial charge in [-0.25, -0.2) is 0 Å². The fourth-order valence-corrected chi connectivity index (χ4v) is 4.86. The van der Waals surface area contributed by atoms with Gasteiger partial charge in [-0.05, 0) is 80.4 Å². The molecule has 6 rings (SSSR count). The largest absolute Gasteiger partial charge is 0.382 e. The van der Waals surface area contributed by atoms with Crippen LogP contribution in [0.25, 0.3) is 21.5 Å². The van der Waals surface area contributed by atoms with E-state index < -0.39 is 0 Å². The molecule has 1 aromatic heterocycles. The SMILES string of the molecule is CCC(C)Nc1ccc(/N=N/c2ccc(/N=N/c3ccc(/N=N/c4cccnc4)c(C)c3)c3ccccc23)c2ccccc12. The molecule has 1 unspecified atom stereocenters. The van der Waals surface area contributed by atoms with Crippen LogP contribution in [0.3, 0.4) is 0 Å². The van der Waals surface area contributed by atoms with Crippen LogP contribution < -0.4 is 5.32 Å². The van der Waals surface area contributed by atoms with E-state index in [1.807, 2.05) is 85.8 Å². The summed E-state index contributed by atoms with van der Waals surface area (Å²) in [7, 11) is 0. The van der Waals surface area contributed by atoms with Crippen LogP contribution in [0.15, 0.2) is 146 Å². The van der Waals surface area contributed by atoms with Crippen LogP contribution in [0.2, 0.25) is 0 Å². The smallest absolute Gasteiger partial charge is 0.104 e. The van der Waals surface area contributed by atoms with Gasteiger partial charge in [-0.15, -0.1) is 20.5 Å². The number of hydrogen-bond donors (Lipinski definition) is 1. The summed E-state index contributed by atoms with van der Waals surface area (Å²) in [4.78, 5) is 4.07. The topological polar surface area (TPSA) is 99.1 Å². The summed E-state index contributed by atoms with van der Waals surface area (Å²) in [5, 5.41) is 34.8. The Bertz CT molecular complexity index is 2010. The molecule has 1 atom stereocenters. The Morgan fingerprint density at radius 3 is 1.75 bits per heavy atom. The minimum Gasteiger partial charge on any atom is -0.382 e. The average Bonchev–Trinajstić information content (AvgIpc) is 3.07. The first-order chi connectivity index (χ1) is 21.6. The summed E-state index contributed by atoms with van der Waals surface area (Å²) in [6, 6.07) is 34.1. The van der Waals surface area contributed by atoms with E-state index in [4.69, 9.17) is 10.2 Å². The normalized spacial score (nSPS) is 12.6. The van der Waals surface area contributed by atoms with Gasteiger partial charge in [0.1, 0.15) is 5.69 Å². The third-order valence-electron chi connectivity index (χ3n) is 7.43. The lowest BCUT2D eigenvalue weighted by atomic mass is 10.1. The van der Waals surface area contributed by atoms with Crippen molar-refractivity contribution in [1.29, 1.82) is 0 Å². The number of anilines is 1. The van der Waals surface area contributed by atoms with Crippen LogP contribution in [0.4, 0.5) is 39.8 Å². The Hall–Kier alpha value is -5.63. The summed E-state index contributed by atoms with van der Waals surface area (Å²) >= 11 is 0. The summed E-state index contributed by atoms with van der Waals surface area (Å²) in [5.41, 5.74) is 6.59. The molecule has 0 radical (unpaired) electrons. The Kier molecular flexibility index (Phi) is 8.50. The lowest BCUT2D eigenvalue weighted by Crippen LogP contribution is -2.13. The number of rotatable bonds is 9. The minimum atomic E-state index is 0.380. The van der Waals surface area contributed by atoms with Crippen molar-refractivity contribution in [2.24, 2.45) is 30.7 Å². The second-order valence-electron chi connectivity index (χ2n) is 10.6. The molecule has 0 aliphatic rings. The van der Waals surface area contributed by atoms with E-state index in [9.17, 15) is 0 Å². The molecule has 0 aliphatic heterocycles. The maximum Gasteiger partial charge on any atom is 0.104 e. The van der Waals surface area contributed by atoms with Gasteiger partial charge in [0.15, 0.2) is 0 Å². The molecule has 0 saturated heterocycles. The molecule has 1 heterocycles. The van der Waals surface area contributed by atoms with Crippen molar-refractivity contribution in [3.63, 3.8) is 0 Å². The van der Waals surface area contributed by atoms with E-state index in [1.54, 1.807) is 12.4 Å². The van der Waals surface area contributed by atoms with Gasteiger partial charge in [0, 0.05) is 39.5 Å². The molecule has 0 spiro atoms. The molecular formula is C36H32N8. The number of aromatic nitrogens is 1. The van der Waals surface area contributed by atoms with Crippen LogP contribution in [-0.4, -0.2) is 11.0 Å². The number of nitrogens with one attached hydrogen (secondary N) is 1. The third kappa shape index (κ3) is 6.39. The van der Waals surface area contributed by atoms with E-state index in [1.165, 1.54) is 0 Å². The van der Waals surface area contributed by atoms with Gasteiger partial charge in [-0.2, -0.15) is 10.2 Å². The highest BCUT2D eigenvalue weighted by molar-refractivity contribution is 6.01. The van der Waals surface area contributed by atoms with E-state index in [0.717, 1.165) is 67.7 Å². The van der Waals surface area contributed by atoms with Crippen molar-refractivity contribution in [2.45, 2.75) is 33.2 Å². The van der Waals surface area contributed by atoms with Gasteiger partial charge in [0.25, 0.3) is 0 Å². The van der Waals surface area contributed by atoms with Crippen molar-refractivity contribution in [1.82, 2.24) is 4.98 Å². The van der Waals surface area contributed by atoms with Crippen molar-refractivity contribution in [3.05, 3.63) is 121 Å². The van der Waals surface area contributed by atoms with Gasteiger partial charge in [-0.1, -0.05) is 55.5 Å². The van der Waals surface area contributed by atoms with Crippen LogP contribution >= 0.6 is 0 Å². The van der Waals surface area contributed by atoms with Gasteiger partial charge in [0.2, 0.25) is 0 Å². The molecule has 8 nitrogen and oxygen atoms in total. The van der Waals surface area contributed by atoms with Crippen LogP contribution in [-0.2, 0) is 0 Å². The number of benzene rings is 5. The monoisotopic (exact) mass is 576 g/mol. The first-order valence-electron chi connectivity index (χ1n) is 14.6. The number of hydrogen-bond acceptors (Lipinski definition) is 8. The fraction of sp³-hybridized carbons (Fsp3) is 0.139. The number of aryl methyl sites for hydroxylation is 1. The summed E-state index contributed by atoms with van der Waals surface area (Å²) < 4.78 is 0. The van der Waals surface area contributed by atoms with Crippen LogP contribution in [0.1, 0.15) is 25.8 Å². The van der Waals surface area contributed by atoms with E-state index in [-0.39, 0.29) is 0 Å². The van der Waals surface area contributed by atoms with E-state index in [0.29, 0.717) is 11.7 Å². The van der Waals surface area contributed by atoms with Crippen molar-refractivity contribution < 1.29 is 0 Å². The molecule has 0 aliphatic carbocycles. The standard InChI is InChI=1S/C36H32N8/c1-4-25(3)38-33-17-18-35(29-12-6-5-11-28(29)33)43-44-36-20-19-34(30-13-7-8-14-31(30)36)42-39-26-15-16-32(24(2)22-26)41-40-27-10-9-21-37-23-27/h5-23,25,38H,4H2,1-3H3/b41-40+,42-39+,44-43+. The van der Waals surface area contributed by atoms with Gasteiger partial charge < -0.3 is 5.32 Å². The minimum absolute atomic E-state index is 0.380. The molecular weight excluding hydrogens is 544 g/mol. The fourth-order valence-electron chi connectivity index (χ4n) is 4.86. The Morgan fingerprint density at radius 2 is 1.14 bits per heavy atom. The lowest BCUT2D eigenvalue weighted by molar-refractivity contribution is 0.765. The Morgan fingerprint density at radius 1 is 0.591 bits per heavy atom. The lowest BCUT2D eigenvalue weighted by Gasteiger charge is -2.15. The predicted octanol–water partition coefficient (Wildman–Crippen LogP) is 12.2. The second kappa shape index (κ2) is 13.1. The number of nitrogens with zero attached hydrogens (tertiary/aromatic N) is 7. The zero-order chi connectivity index (χ0) is 30.3. The van der Waals surface area contributed by atoms with Gasteiger partial charge in [0.05, 0.1) is 34.6 Å². The molecule has 0 fully saturated rings. The van der Waals surface area contributed by atoms with E-state index in [2.05, 4.69) is 68.9 Å². The van der Waals surface area contributed by atoms with E-state index >= 15 is 0 Å². The summed E-state index contributed by atoms with van der Waals surface area (Å²) in [5.74, 6) is 0. The number of azo groups is 3. The molecule has 216 valence electrons. The molecule has 0 bridgehead atoms. The Labute approximate surface area is 256 Å².